The molecule has 0 aromatic heterocycles. The highest BCUT2D eigenvalue weighted by molar-refractivity contribution is 4.98. The lowest BCUT2D eigenvalue weighted by Crippen LogP contribution is -2.10. The molecule has 0 aromatic carbocycles. The predicted octanol–water partition coefficient (Wildman–Crippen LogP) is 2.38. The molecule has 0 spiro atoms. The van der Waals surface area contributed by atoms with Gasteiger partial charge in [-0.15, -0.1) is 0 Å². The summed E-state index contributed by atoms with van der Waals surface area (Å²) in [6.45, 7) is 7.01. The Morgan fingerprint density at radius 1 is 1.36 bits per heavy atom. The van der Waals surface area contributed by atoms with Crippen LogP contribution in [0.4, 0.5) is 0 Å². The van der Waals surface area contributed by atoms with Crippen molar-refractivity contribution in [2.75, 3.05) is 13.1 Å². The smallest absolute Gasteiger partial charge is 0.00142 e. The Morgan fingerprint density at radius 2 is 2.09 bits per heavy atom. The topological polar surface area (TPSA) is 12.0 Å². The molecule has 11 heavy (non-hydrogen) atoms. The second-order valence-corrected chi connectivity index (χ2v) is 3.56. The minimum Gasteiger partial charge on any atom is -0.316 e. The van der Waals surface area contributed by atoms with Gasteiger partial charge in [0.25, 0.3) is 0 Å². The molecule has 1 aliphatic rings. The van der Waals surface area contributed by atoms with Gasteiger partial charge in [0.05, 0.1) is 0 Å². The Labute approximate surface area is 70.6 Å². The second kappa shape index (κ2) is 4.76. The number of nitrogens with one attached hydrogen (secondary N) is 1. The van der Waals surface area contributed by atoms with Crippen LogP contribution < -0.4 is 5.32 Å². The number of hydrogen-bond acceptors (Lipinski definition) is 1. The summed E-state index contributed by atoms with van der Waals surface area (Å²) in [5, 5.41) is 3.39. The normalized spacial score (nSPS) is 19.9. The molecule has 0 amide bonds. The molecule has 0 saturated carbocycles. The van der Waals surface area contributed by atoms with Crippen LogP contribution in [0.3, 0.4) is 0 Å². The first kappa shape index (κ1) is 9.05. The molecule has 1 radical (unpaired) electrons. The van der Waals surface area contributed by atoms with E-state index in [2.05, 4.69) is 19.2 Å². The first-order valence-corrected chi connectivity index (χ1v) is 4.91. The van der Waals surface area contributed by atoms with Crippen LogP contribution in [0.25, 0.3) is 0 Å². The van der Waals surface area contributed by atoms with E-state index < -0.39 is 0 Å². The Hall–Kier alpha value is -0.0400. The minimum atomic E-state index is 0.949. The van der Waals surface area contributed by atoms with Crippen LogP contribution in [0, 0.1) is 11.8 Å². The van der Waals surface area contributed by atoms with Crippen molar-refractivity contribution in [2.24, 2.45) is 5.92 Å². The Kier molecular flexibility index (Phi) is 3.92. The Bertz CT molecular complexity index is 91.0. The fourth-order valence-corrected chi connectivity index (χ4v) is 1.78. The van der Waals surface area contributed by atoms with Gasteiger partial charge in [0.2, 0.25) is 0 Å². The molecule has 0 aliphatic carbocycles. The zero-order chi connectivity index (χ0) is 8.10. The van der Waals surface area contributed by atoms with Crippen LogP contribution in [0.1, 0.15) is 39.5 Å². The highest BCUT2D eigenvalue weighted by Gasteiger charge is 2.17. The third-order valence-electron chi connectivity index (χ3n) is 2.76. The first-order chi connectivity index (χ1) is 5.36. The number of hydrogen-bond donors (Lipinski definition) is 1. The third kappa shape index (κ3) is 2.82. The molecular weight excluding hydrogens is 134 g/mol. The zero-order valence-corrected chi connectivity index (χ0v) is 7.82. The molecule has 0 aromatic rings. The lowest BCUT2D eigenvalue weighted by Gasteiger charge is -2.15. The Balaban J connectivity index is 2.16. The van der Waals surface area contributed by atoms with Crippen molar-refractivity contribution < 1.29 is 0 Å². The molecule has 1 nitrogen and oxygen atoms in total. The molecule has 1 rings (SSSR count). The molecule has 0 atom stereocenters. The highest BCUT2D eigenvalue weighted by Crippen LogP contribution is 2.24. The van der Waals surface area contributed by atoms with E-state index >= 15 is 0 Å². The molecule has 65 valence electrons. The average Bonchev–Trinajstić information content (AvgIpc) is 2.52. The maximum atomic E-state index is 3.39. The zero-order valence-electron chi connectivity index (χ0n) is 7.82. The summed E-state index contributed by atoms with van der Waals surface area (Å²) in [6.07, 6.45) is 5.40. The molecule has 0 bridgehead atoms. The monoisotopic (exact) mass is 154 g/mol. The second-order valence-electron chi connectivity index (χ2n) is 3.56. The van der Waals surface area contributed by atoms with Crippen LogP contribution in [-0.4, -0.2) is 13.1 Å². The van der Waals surface area contributed by atoms with Gasteiger partial charge in [0.15, 0.2) is 0 Å². The molecule has 0 unspecified atom stereocenters. The van der Waals surface area contributed by atoms with Gasteiger partial charge in [-0.1, -0.05) is 26.7 Å². The van der Waals surface area contributed by atoms with Crippen molar-refractivity contribution in [1.29, 1.82) is 0 Å². The van der Waals surface area contributed by atoms with Gasteiger partial charge in [-0.25, -0.2) is 0 Å². The van der Waals surface area contributed by atoms with Crippen LogP contribution in [-0.2, 0) is 0 Å². The van der Waals surface area contributed by atoms with Crippen molar-refractivity contribution in [1.82, 2.24) is 5.32 Å². The van der Waals surface area contributed by atoms with E-state index in [0.29, 0.717) is 0 Å². The lowest BCUT2D eigenvalue weighted by molar-refractivity contribution is 0.460. The quantitative estimate of drug-likeness (QED) is 0.655. The molecule has 1 fully saturated rings. The maximum Gasteiger partial charge on any atom is 0.00142 e. The summed E-state index contributed by atoms with van der Waals surface area (Å²) in [6, 6.07) is 0. The molecule has 1 saturated heterocycles. The standard InChI is InChI=1S/C10H20N/c1-3-9(4-2)7-10-5-6-11-8-10/h9,11H,3-8H2,1-2H3. The summed E-state index contributed by atoms with van der Waals surface area (Å²) >= 11 is 0. The van der Waals surface area contributed by atoms with Gasteiger partial charge in [-0.2, -0.15) is 0 Å². The highest BCUT2D eigenvalue weighted by atomic mass is 14.9. The summed E-state index contributed by atoms with van der Waals surface area (Å²) in [5.41, 5.74) is 0. The number of rotatable bonds is 4. The SMILES string of the molecule is CCC(CC)C[C]1CCNC1. The fourth-order valence-electron chi connectivity index (χ4n) is 1.78. The van der Waals surface area contributed by atoms with Gasteiger partial charge >= 0.3 is 0 Å². The van der Waals surface area contributed by atoms with Gasteiger partial charge < -0.3 is 5.32 Å². The van der Waals surface area contributed by atoms with Crippen LogP contribution in [0.5, 0.6) is 0 Å². The van der Waals surface area contributed by atoms with E-state index in [4.69, 9.17) is 0 Å². The molecular formula is C10H20N. The summed E-state index contributed by atoms with van der Waals surface area (Å²) in [5.74, 6) is 2.70. The van der Waals surface area contributed by atoms with E-state index in [1.54, 1.807) is 5.92 Å². The van der Waals surface area contributed by atoms with Crippen LogP contribution in [0.2, 0.25) is 0 Å². The largest absolute Gasteiger partial charge is 0.316 e. The van der Waals surface area contributed by atoms with Crippen molar-refractivity contribution in [3.05, 3.63) is 5.92 Å². The summed E-state index contributed by atoms with van der Waals surface area (Å²) in [4.78, 5) is 0. The first-order valence-electron chi connectivity index (χ1n) is 4.91. The lowest BCUT2D eigenvalue weighted by atomic mass is 9.90. The van der Waals surface area contributed by atoms with Crippen molar-refractivity contribution in [3.8, 4) is 0 Å². The molecule has 1 heteroatoms. The predicted molar refractivity (Wildman–Crippen MR) is 49.4 cm³/mol. The van der Waals surface area contributed by atoms with Gasteiger partial charge in [0, 0.05) is 6.54 Å². The van der Waals surface area contributed by atoms with Gasteiger partial charge in [0.1, 0.15) is 0 Å². The van der Waals surface area contributed by atoms with Crippen molar-refractivity contribution in [2.45, 2.75) is 39.5 Å². The molecule has 1 heterocycles. The summed E-state index contributed by atoms with van der Waals surface area (Å²) in [7, 11) is 0. The van der Waals surface area contributed by atoms with E-state index in [0.717, 1.165) is 5.92 Å². The van der Waals surface area contributed by atoms with Gasteiger partial charge in [-0.3, -0.25) is 0 Å². The molecule has 1 aliphatic heterocycles. The minimum absolute atomic E-state index is 0.949. The maximum absolute atomic E-state index is 3.39. The Morgan fingerprint density at radius 3 is 2.55 bits per heavy atom. The average molecular weight is 154 g/mol. The third-order valence-corrected chi connectivity index (χ3v) is 2.76. The van der Waals surface area contributed by atoms with Crippen LogP contribution in [0.15, 0.2) is 0 Å². The fraction of sp³-hybridized carbons (Fsp3) is 0.900. The van der Waals surface area contributed by atoms with Crippen molar-refractivity contribution >= 4 is 0 Å². The molecule has 1 N–H and O–H groups in total. The van der Waals surface area contributed by atoms with E-state index in [-0.39, 0.29) is 0 Å². The van der Waals surface area contributed by atoms with E-state index in [1.807, 2.05) is 0 Å². The van der Waals surface area contributed by atoms with Crippen molar-refractivity contribution in [3.63, 3.8) is 0 Å². The van der Waals surface area contributed by atoms with Crippen LogP contribution >= 0.6 is 0 Å². The summed E-state index contributed by atoms with van der Waals surface area (Å²) < 4.78 is 0. The van der Waals surface area contributed by atoms with E-state index in [1.165, 1.54) is 38.8 Å². The van der Waals surface area contributed by atoms with E-state index in [9.17, 15) is 0 Å². The van der Waals surface area contributed by atoms with Gasteiger partial charge in [-0.05, 0) is 31.2 Å².